The zero-order chi connectivity index (χ0) is 22.5. The van der Waals surface area contributed by atoms with Gasteiger partial charge in [-0.1, -0.05) is 24.3 Å². The molecule has 0 fully saturated rings. The van der Waals surface area contributed by atoms with E-state index in [0.717, 1.165) is 56.4 Å². The summed E-state index contributed by atoms with van der Waals surface area (Å²) in [6.45, 7) is 2.51. The van der Waals surface area contributed by atoms with Gasteiger partial charge in [0.25, 0.3) is 0 Å². The summed E-state index contributed by atoms with van der Waals surface area (Å²) in [5.74, 6) is 0. The van der Waals surface area contributed by atoms with Gasteiger partial charge in [-0.25, -0.2) is 0 Å². The molecule has 1 aromatic rings. The van der Waals surface area contributed by atoms with E-state index in [1.165, 1.54) is 0 Å². The van der Waals surface area contributed by atoms with E-state index in [-0.39, 0.29) is 0 Å². The van der Waals surface area contributed by atoms with Crippen LogP contribution in [0.1, 0.15) is 28.8 Å². The van der Waals surface area contributed by atoms with Crippen LogP contribution in [0.4, 0.5) is 0 Å². The molecule has 30 heavy (non-hydrogen) atoms. The molecule has 0 unspecified atom stereocenters. The average Bonchev–Trinajstić information content (AvgIpc) is 2.80. The Hall–Kier alpha value is -0.956. The van der Waals surface area contributed by atoms with Crippen molar-refractivity contribution in [3.05, 3.63) is 35.4 Å². The lowest BCUT2D eigenvalue weighted by molar-refractivity contribution is 0.112. The highest BCUT2D eigenvalue weighted by molar-refractivity contribution is 6.60. The van der Waals surface area contributed by atoms with Gasteiger partial charge in [-0.15, -0.1) is 0 Å². The van der Waals surface area contributed by atoms with Crippen molar-refractivity contribution in [1.82, 2.24) is 4.90 Å². The lowest BCUT2D eigenvalue weighted by atomic mass is 10.1. The largest absolute Gasteiger partial charge is 0.500 e. The van der Waals surface area contributed by atoms with Gasteiger partial charge in [0.05, 0.1) is 0 Å². The van der Waals surface area contributed by atoms with Crippen LogP contribution in [0.3, 0.4) is 0 Å². The predicted molar refractivity (Wildman–Crippen MR) is 120 cm³/mol. The maximum absolute atomic E-state index is 10.9. The molecule has 172 valence electrons. The molecule has 0 amide bonds. The fourth-order valence-electron chi connectivity index (χ4n) is 3.38. The van der Waals surface area contributed by atoms with E-state index in [9.17, 15) is 4.79 Å². The number of hydrogen-bond donors (Lipinski definition) is 0. The summed E-state index contributed by atoms with van der Waals surface area (Å²) >= 11 is 0. The van der Waals surface area contributed by atoms with Crippen LogP contribution in [-0.2, 0) is 33.1 Å². The predicted octanol–water partition coefficient (Wildman–Crippen LogP) is 2.84. The van der Waals surface area contributed by atoms with Gasteiger partial charge < -0.3 is 26.6 Å². The SMILES string of the molecule is CO[Si](CCCN(CCC[Si](OC)(OC)OC)Cc1ccc(C=O)cc1)(OC)OC. The maximum Gasteiger partial charge on any atom is 0.500 e. The van der Waals surface area contributed by atoms with Crippen LogP contribution < -0.4 is 0 Å². The van der Waals surface area contributed by atoms with Gasteiger partial charge in [0.15, 0.2) is 0 Å². The third kappa shape index (κ3) is 8.29. The van der Waals surface area contributed by atoms with E-state index in [4.69, 9.17) is 26.6 Å². The number of nitrogens with zero attached hydrogens (tertiary/aromatic N) is 1. The second-order valence-electron chi connectivity index (χ2n) is 6.93. The number of carbonyl (C=O) groups is 1. The molecule has 0 spiro atoms. The molecule has 0 N–H and O–H groups in total. The van der Waals surface area contributed by atoms with Crippen molar-refractivity contribution < 1.29 is 31.4 Å². The molecule has 1 rings (SSSR count). The number of aldehydes is 1. The van der Waals surface area contributed by atoms with Crippen LogP contribution in [0, 0.1) is 0 Å². The van der Waals surface area contributed by atoms with Crippen LogP contribution in [0.25, 0.3) is 0 Å². The van der Waals surface area contributed by atoms with Gasteiger partial charge >= 0.3 is 17.6 Å². The van der Waals surface area contributed by atoms with Crippen LogP contribution in [0.2, 0.25) is 12.1 Å². The highest BCUT2D eigenvalue weighted by atomic mass is 28.4. The van der Waals surface area contributed by atoms with E-state index in [1.54, 1.807) is 42.7 Å². The fraction of sp³-hybridized carbons (Fsp3) is 0.650. The normalized spacial score (nSPS) is 12.5. The van der Waals surface area contributed by atoms with Gasteiger partial charge in [-0.3, -0.25) is 9.69 Å². The van der Waals surface area contributed by atoms with E-state index < -0.39 is 17.6 Å². The Morgan fingerprint density at radius 1 is 0.733 bits per heavy atom. The van der Waals surface area contributed by atoms with Crippen molar-refractivity contribution in [2.75, 3.05) is 55.7 Å². The maximum atomic E-state index is 10.9. The van der Waals surface area contributed by atoms with Gasteiger partial charge in [0, 0.05) is 66.9 Å². The lowest BCUT2D eigenvalue weighted by Gasteiger charge is -2.28. The van der Waals surface area contributed by atoms with Gasteiger partial charge in [0.1, 0.15) is 6.29 Å². The molecule has 0 aliphatic heterocycles. The lowest BCUT2D eigenvalue weighted by Crippen LogP contribution is -2.44. The van der Waals surface area contributed by atoms with E-state index in [1.807, 2.05) is 24.3 Å². The Morgan fingerprint density at radius 3 is 1.47 bits per heavy atom. The molecule has 8 nitrogen and oxygen atoms in total. The molecular formula is C20H37NO7Si2. The molecule has 10 heteroatoms. The smallest absolute Gasteiger partial charge is 0.377 e. The molecule has 0 saturated carbocycles. The number of hydrogen-bond acceptors (Lipinski definition) is 8. The third-order valence-corrected chi connectivity index (χ3v) is 11.0. The highest BCUT2D eigenvalue weighted by Gasteiger charge is 2.38. The zero-order valence-corrected chi connectivity index (χ0v) is 21.1. The summed E-state index contributed by atoms with van der Waals surface area (Å²) in [4.78, 5) is 13.3. The third-order valence-electron chi connectivity index (χ3n) is 5.30. The van der Waals surface area contributed by atoms with Crippen molar-refractivity contribution >= 4 is 23.9 Å². The molecule has 0 radical (unpaired) electrons. The minimum Gasteiger partial charge on any atom is -0.377 e. The second-order valence-corrected chi connectivity index (χ2v) is 13.1. The van der Waals surface area contributed by atoms with Crippen LogP contribution in [0.5, 0.6) is 0 Å². The Balaban J connectivity index is 2.75. The van der Waals surface area contributed by atoms with Crippen molar-refractivity contribution in [2.24, 2.45) is 0 Å². The Morgan fingerprint density at radius 2 is 1.13 bits per heavy atom. The van der Waals surface area contributed by atoms with Gasteiger partial charge in [-0.05, 0) is 31.5 Å². The summed E-state index contributed by atoms with van der Waals surface area (Å²) in [6.07, 6.45) is 2.63. The summed E-state index contributed by atoms with van der Waals surface area (Å²) in [7, 11) is 4.64. The summed E-state index contributed by atoms with van der Waals surface area (Å²) in [6, 6.07) is 9.16. The minimum atomic E-state index is -2.59. The molecule has 1 aromatic carbocycles. The first kappa shape index (κ1) is 27.1. The van der Waals surface area contributed by atoms with Crippen molar-refractivity contribution in [2.45, 2.75) is 31.5 Å². The van der Waals surface area contributed by atoms with Crippen LogP contribution in [-0.4, -0.2) is 84.5 Å². The van der Waals surface area contributed by atoms with E-state index >= 15 is 0 Å². The molecule has 0 aliphatic rings. The van der Waals surface area contributed by atoms with Crippen LogP contribution in [0.15, 0.2) is 24.3 Å². The first-order chi connectivity index (χ1) is 14.5. The molecule has 0 heterocycles. The summed E-state index contributed by atoms with van der Waals surface area (Å²) in [5.41, 5.74) is 1.83. The van der Waals surface area contributed by atoms with Crippen LogP contribution >= 0.6 is 0 Å². The topological polar surface area (TPSA) is 75.7 Å². The molecule has 0 aromatic heterocycles. The monoisotopic (exact) mass is 459 g/mol. The summed E-state index contributed by atoms with van der Waals surface area (Å²) < 4.78 is 33.2. The van der Waals surface area contributed by atoms with Gasteiger partial charge in [0.2, 0.25) is 0 Å². The first-order valence-corrected chi connectivity index (χ1v) is 13.9. The van der Waals surface area contributed by atoms with Crippen molar-refractivity contribution in [1.29, 1.82) is 0 Å². The fourth-order valence-corrected chi connectivity index (χ4v) is 6.79. The average molecular weight is 460 g/mol. The van der Waals surface area contributed by atoms with Crippen molar-refractivity contribution in [3.63, 3.8) is 0 Å². The minimum absolute atomic E-state index is 0.678. The number of rotatable bonds is 17. The molecule has 0 bridgehead atoms. The Bertz CT molecular complexity index is 553. The highest BCUT2D eigenvalue weighted by Crippen LogP contribution is 2.19. The Kier molecular flexibility index (Phi) is 12.8. The standard InChI is InChI=1S/C20H37NO7Si2/c1-23-29(24-2,25-3)15-7-13-21(14-8-16-30(26-4,27-5)28-6)17-19-9-11-20(18-22)12-10-19/h9-12,18H,7-8,13-17H2,1-6H3. The first-order valence-electron chi connectivity index (χ1n) is 10.0. The Labute approximate surface area is 183 Å². The van der Waals surface area contributed by atoms with E-state index in [2.05, 4.69) is 4.90 Å². The van der Waals surface area contributed by atoms with Crippen molar-refractivity contribution in [3.8, 4) is 0 Å². The molecular weight excluding hydrogens is 422 g/mol. The number of benzene rings is 1. The second kappa shape index (κ2) is 14.2. The molecule has 0 aliphatic carbocycles. The zero-order valence-electron chi connectivity index (χ0n) is 19.1. The summed E-state index contributed by atoms with van der Waals surface area (Å²) in [5, 5.41) is 0. The van der Waals surface area contributed by atoms with E-state index in [0.29, 0.717) is 5.56 Å². The van der Waals surface area contributed by atoms with Gasteiger partial charge in [-0.2, -0.15) is 0 Å². The quantitative estimate of drug-likeness (QED) is 0.260. The number of carbonyl (C=O) groups excluding carboxylic acids is 1. The molecule has 0 saturated heterocycles. The molecule has 0 atom stereocenters.